The van der Waals surface area contributed by atoms with Crippen LogP contribution in [-0.4, -0.2) is 29.0 Å². The highest BCUT2D eigenvalue weighted by Gasteiger charge is 2.34. The number of H-pyrrole nitrogens is 1. The van der Waals surface area contributed by atoms with Crippen molar-refractivity contribution >= 4 is 35.0 Å². The number of methoxy groups -OCH3 is 1. The van der Waals surface area contributed by atoms with Gasteiger partial charge in [0.15, 0.2) is 0 Å². The van der Waals surface area contributed by atoms with Crippen LogP contribution < -0.4 is 5.32 Å². The number of aromatic amines is 1. The van der Waals surface area contributed by atoms with Crippen molar-refractivity contribution in [1.82, 2.24) is 10.3 Å². The Hall–Kier alpha value is -2.90. The first-order valence-corrected chi connectivity index (χ1v) is 8.26. The lowest BCUT2D eigenvalue weighted by molar-refractivity contribution is -0.384. The zero-order valence-electron chi connectivity index (χ0n) is 14.5. The molecule has 0 saturated carbocycles. The van der Waals surface area contributed by atoms with Crippen molar-refractivity contribution in [2.24, 2.45) is 0 Å². The maximum Gasteiger partial charge on any atom is 0.323 e. The number of esters is 1. The normalized spacial score (nSPS) is 18.4. The number of nitrogens with zero attached hydrogens (tertiary/aromatic N) is 1. The van der Waals surface area contributed by atoms with Crippen LogP contribution in [0.3, 0.4) is 0 Å². The van der Waals surface area contributed by atoms with Gasteiger partial charge in [0.25, 0.3) is 5.69 Å². The lowest BCUT2D eigenvalue weighted by Gasteiger charge is -2.30. The second-order valence-corrected chi connectivity index (χ2v) is 6.29. The minimum absolute atomic E-state index is 0. The number of ether oxygens (including phenoxy) is 1. The molecule has 0 bridgehead atoms. The van der Waals surface area contributed by atoms with E-state index in [-0.39, 0.29) is 30.1 Å². The van der Waals surface area contributed by atoms with E-state index in [9.17, 15) is 14.9 Å². The van der Waals surface area contributed by atoms with Gasteiger partial charge in [-0.1, -0.05) is 30.3 Å². The summed E-state index contributed by atoms with van der Waals surface area (Å²) >= 11 is 0. The topological polar surface area (TPSA) is 97.3 Å². The average Bonchev–Trinajstić information content (AvgIpc) is 3.05. The molecule has 0 amide bonds. The molecule has 7 nitrogen and oxygen atoms in total. The Labute approximate surface area is 161 Å². The summed E-state index contributed by atoms with van der Waals surface area (Å²) < 4.78 is 4.93. The van der Waals surface area contributed by atoms with Crippen LogP contribution in [0.1, 0.15) is 22.9 Å². The van der Waals surface area contributed by atoms with Gasteiger partial charge in [0, 0.05) is 35.2 Å². The van der Waals surface area contributed by atoms with Gasteiger partial charge in [-0.15, -0.1) is 12.4 Å². The van der Waals surface area contributed by atoms with Gasteiger partial charge in [-0.25, -0.2) is 0 Å². The molecule has 3 aromatic rings. The van der Waals surface area contributed by atoms with E-state index in [1.807, 2.05) is 24.3 Å². The third-order valence-electron chi connectivity index (χ3n) is 4.83. The van der Waals surface area contributed by atoms with Crippen LogP contribution in [0.2, 0.25) is 0 Å². The van der Waals surface area contributed by atoms with Crippen LogP contribution in [-0.2, 0) is 16.0 Å². The van der Waals surface area contributed by atoms with E-state index in [0.29, 0.717) is 6.42 Å². The molecule has 0 aliphatic carbocycles. The van der Waals surface area contributed by atoms with Gasteiger partial charge in [0.2, 0.25) is 0 Å². The Morgan fingerprint density at radius 3 is 2.56 bits per heavy atom. The number of carbonyl (C=O) groups is 1. The molecule has 8 heteroatoms. The van der Waals surface area contributed by atoms with E-state index >= 15 is 0 Å². The van der Waals surface area contributed by atoms with Crippen molar-refractivity contribution in [2.45, 2.75) is 18.5 Å². The number of halogens is 1. The highest BCUT2D eigenvalue weighted by molar-refractivity contribution is 5.87. The second kappa shape index (κ2) is 7.38. The van der Waals surface area contributed by atoms with E-state index in [1.54, 1.807) is 12.1 Å². The highest BCUT2D eigenvalue weighted by Crippen LogP contribution is 2.35. The molecule has 4 rings (SSSR count). The number of para-hydroxylation sites is 1. The maximum atomic E-state index is 12.2. The van der Waals surface area contributed by atoms with E-state index < -0.39 is 11.0 Å². The van der Waals surface area contributed by atoms with E-state index in [0.717, 1.165) is 27.7 Å². The van der Waals surface area contributed by atoms with Gasteiger partial charge < -0.3 is 9.72 Å². The number of benzene rings is 2. The number of fused-ring (bicyclic) bond motifs is 3. The van der Waals surface area contributed by atoms with Crippen molar-refractivity contribution < 1.29 is 14.5 Å². The number of hydrogen-bond acceptors (Lipinski definition) is 5. The number of hydrogen-bond donors (Lipinski definition) is 2. The predicted octanol–water partition coefficient (Wildman–Crippen LogP) is 3.27. The summed E-state index contributed by atoms with van der Waals surface area (Å²) in [5.41, 5.74) is 3.91. The molecule has 2 heterocycles. The van der Waals surface area contributed by atoms with Gasteiger partial charge >= 0.3 is 5.97 Å². The minimum Gasteiger partial charge on any atom is -0.468 e. The SMILES string of the molecule is COC(=O)[C@@H]1Cc2c([nH]c3ccccc23)[C@H](c2ccc([N+](=O)[O-])cc2)N1.Cl. The Morgan fingerprint density at radius 2 is 1.89 bits per heavy atom. The van der Waals surface area contributed by atoms with E-state index in [1.165, 1.54) is 19.2 Å². The van der Waals surface area contributed by atoms with Gasteiger partial charge in [-0.2, -0.15) is 0 Å². The van der Waals surface area contributed by atoms with Crippen molar-refractivity contribution in [3.8, 4) is 0 Å². The molecular weight excluding hydrogens is 370 g/mol. The highest BCUT2D eigenvalue weighted by atomic mass is 35.5. The number of non-ortho nitro benzene ring substituents is 1. The second-order valence-electron chi connectivity index (χ2n) is 6.29. The molecule has 2 aromatic carbocycles. The number of aromatic nitrogens is 1. The van der Waals surface area contributed by atoms with Crippen LogP contribution >= 0.6 is 12.4 Å². The average molecular weight is 388 g/mol. The summed E-state index contributed by atoms with van der Waals surface area (Å²) in [7, 11) is 1.37. The first-order chi connectivity index (χ1) is 12.6. The zero-order chi connectivity index (χ0) is 18.3. The van der Waals surface area contributed by atoms with Crippen LogP contribution in [0.4, 0.5) is 5.69 Å². The minimum atomic E-state index is -0.480. The molecule has 0 spiro atoms. The smallest absolute Gasteiger partial charge is 0.323 e. The number of rotatable bonds is 3. The number of nitro groups is 1. The quantitative estimate of drug-likeness (QED) is 0.408. The Kier molecular flexibility index (Phi) is 5.16. The lowest BCUT2D eigenvalue weighted by atomic mass is 9.90. The summed E-state index contributed by atoms with van der Waals surface area (Å²) in [6.45, 7) is 0. The Bertz CT molecular complexity index is 1000. The molecule has 2 N–H and O–H groups in total. The number of nitrogens with one attached hydrogen (secondary N) is 2. The standard InChI is InChI=1S/C19H17N3O4.ClH/c1-26-19(23)16-10-14-13-4-2-3-5-15(13)20-18(14)17(21-16)11-6-8-12(9-7-11)22(24)25;/h2-9,16-17,20-21H,10H2,1H3;1H/t16-,17-;/m0./s1. The molecule has 2 atom stereocenters. The molecule has 1 aliphatic rings. The fraction of sp³-hybridized carbons (Fsp3) is 0.211. The zero-order valence-corrected chi connectivity index (χ0v) is 15.3. The van der Waals surface area contributed by atoms with Gasteiger partial charge in [0.1, 0.15) is 6.04 Å². The monoisotopic (exact) mass is 387 g/mol. The van der Waals surface area contributed by atoms with Crippen molar-refractivity contribution in [2.75, 3.05) is 7.11 Å². The van der Waals surface area contributed by atoms with Crippen molar-refractivity contribution in [1.29, 1.82) is 0 Å². The van der Waals surface area contributed by atoms with Crippen molar-refractivity contribution in [3.05, 3.63) is 75.5 Å². The maximum absolute atomic E-state index is 12.2. The van der Waals surface area contributed by atoms with Crippen LogP contribution in [0.5, 0.6) is 0 Å². The van der Waals surface area contributed by atoms with Crippen molar-refractivity contribution in [3.63, 3.8) is 0 Å². The van der Waals surface area contributed by atoms with Crippen LogP contribution in [0.25, 0.3) is 10.9 Å². The molecule has 27 heavy (non-hydrogen) atoms. The van der Waals surface area contributed by atoms with E-state index in [2.05, 4.69) is 10.3 Å². The fourth-order valence-corrected chi connectivity index (χ4v) is 3.58. The first-order valence-electron chi connectivity index (χ1n) is 8.26. The van der Waals surface area contributed by atoms with E-state index in [4.69, 9.17) is 4.74 Å². The summed E-state index contributed by atoms with van der Waals surface area (Å²) in [5, 5.41) is 15.3. The summed E-state index contributed by atoms with van der Waals surface area (Å²) in [6.07, 6.45) is 0.523. The number of nitro benzene ring substituents is 1. The summed E-state index contributed by atoms with van der Waals surface area (Å²) in [4.78, 5) is 26.1. The van der Waals surface area contributed by atoms with Gasteiger partial charge in [-0.05, 0) is 17.2 Å². The molecule has 0 unspecified atom stereocenters. The third-order valence-corrected chi connectivity index (χ3v) is 4.83. The Morgan fingerprint density at radius 1 is 1.19 bits per heavy atom. The molecule has 0 fully saturated rings. The molecular formula is C19H18ClN3O4. The summed E-state index contributed by atoms with van der Waals surface area (Å²) in [5.74, 6) is -0.326. The summed E-state index contributed by atoms with van der Waals surface area (Å²) in [6, 6.07) is 13.5. The molecule has 140 valence electrons. The molecule has 1 aromatic heterocycles. The van der Waals surface area contributed by atoms with Gasteiger partial charge in [-0.3, -0.25) is 20.2 Å². The largest absolute Gasteiger partial charge is 0.468 e. The Balaban J connectivity index is 0.00000210. The first kappa shape index (κ1) is 18.9. The molecule has 0 radical (unpaired) electrons. The van der Waals surface area contributed by atoms with Gasteiger partial charge in [0.05, 0.1) is 18.1 Å². The molecule has 1 aliphatic heterocycles. The number of carbonyl (C=O) groups excluding carboxylic acids is 1. The lowest BCUT2D eigenvalue weighted by Crippen LogP contribution is -2.45. The predicted molar refractivity (Wildman–Crippen MR) is 103 cm³/mol. The third kappa shape index (κ3) is 3.27. The van der Waals surface area contributed by atoms with Crippen LogP contribution in [0, 0.1) is 10.1 Å². The van der Waals surface area contributed by atoms with Crippen LogP contribution in [0.15, 0.2) is 48.5 Å². The molecule has 0 saturated heterocycles. The fourth-order valence-electron chi connectivity index (χ4n) is 3.58.